The van der Waals surface area contributed by atoms with Gasteiger partial charge in [0.1, 0.15) is 5.75 Å². The van der Waals surface area contributed by atoms with Gasteiger partial charge in [-0.1, -0.05) is 18.2 Å². The lowest BCUT2D eigenvalue weighted by Gasteiger charge is -2.13. The van der Waals surface area contributed by atoms with Gasteiger partial charge in [0.25, 0.3) is 0 Å². The van der Waals surface area contributed by atoms with Gasteiger partial charge in [-0.25, -0.2) is 4.99 Å². The molecule has 5 nitrogen and oxygen atoms in total. The van der Waals surface area contributed by atoms with Crippen molar-refractivity contribution in [1.29, 1.82) is 0 Å². The largest absolute Gasteiger partial charge is 0.494 e. The van der Waals surface area contributed by atoms with Crippen molar-refractivity contribution in [1.82, 2.24) is 10.6 Å². The molecule has 0 radical (unpaired) electrons. The summed E-state index contributed by atoms with van der Waals surface area (Å²) in [6.45, 7) is 11.8. The molecule has 6 heteroatoms. The van der Waals surface area contributed by atoms with E-state index >= 15 is 0 Å². The molecule has 0 unspecified atom stereocenters. The van der Waals surface area contributed by atoms with E-state index in [4.69, 9.17) is 9.47 Å². The highest BCUT2D eigenvalue weighted by Crippen LogP contribution is 2.18. The molecule has 138 valence electrons. The first kappa shape index (κ1) is 23.0. The second-order valence-electron chi connectivity index (χ2n) is 5.44. The van der Waals surface area contributed by atoms with Crippen LogP contribution in [0.25, 0.3) is 0 Å². The van der Waals surface area contributed by atoms with E-state index in [1.807, 2.05) is 25.1 Å². The lowest BCUT2D eigenvalue weighted by molar-refractivity contribution is 0.0776. The molecule has 0 bridgehead atoms. The van der Waals surface area contributed by atoms with E-state index in [2.05, 4.69) is 42.5 Å². The number of hydrogen-bond donors (Lipinski definition) is 2. The highest BCUT2D eigenvalue weighted by molar-refractivity contribution is 14.0. The molecule has 24 heavy (non-hydrogen) atoms. The average Bonchev–Trinajstić information content (AvgIpc) is 2.53. The van der Waals surface area contributed by atoms with Gasteiger partial charge >= 0.3 is 0 Å². The van der Waals surface area contributed by atoms with Gasteiger partial charge in [-0.3, -0.25) is 0 Å². The van der Waals surface area contributed by atoms with Crippen molar-refractivity contribution in [2.45, 2.75) is 46.8 Å². The fourth-order valence-electron chi connectivity index (χ4n) is 2.03. The number of rotatable bonds is 10. The molecule has 0 atom stereocenters. The summed E-state index contributed by atoms with van der Waals surface area (Å²) in [4.78, 5) is 4.63. The van der Waals surface area contributed by atoms with E-state index < -0.39 is 0 Å². The van der Waals surface area contributed by atoms with Crippen LogP contribution in [0.5, 0.6) is 5.75 Å². The number of guanidine groups is 1. The zero-order chi connectivity index (χ0) is 16.9. The predicted octanol–water partition coefficient (Wildman–Crippen LogP) is 3.57. The van der Waals surface area contributed by atoms with E-state index in [1.54, 1.807) is 0 Å². The van der Waals surface area contributed by atoms with Gasteiger partial charge in [0.15, 0.2) is 5.96 Å². The van der Waals surface area contributed by atoms with Crippen LogP contribution in [0.3, 0.4) is 0 Å². The normalized spacial score (nSPS) is 11.1. The molecule has 0 spiro atoms. The number of nitrogens with zero attached hydrogens (tertiary/aromatic N) is 1. The topological polar surface area (TPSA) is 54.9 Å². The van der Waals surface area contributed by atoms with Crippen LogP contribution in [0.15, 0.2) is 29.3 Å². The average molecular weight is 449 g/mol. The molecule has 0 aromatic heterocycles. The number of nitrogens with one attached hydrogen (secondary N) is 2. The molecule has 0 amide bonds. The van der Waals surface area contributed by atoms with Crippen molar-refractivity contribution in [3.8, 4) is 5.75 Å². The van der Waals surface area contributed by atoms with Crippen LogP contribution in [-0.4, -0.2) is 38.4 Å². The molecule has 0 aliphatic rings. The molecular formula is C18H32IN3O2. The van der Waals surface area contributed by atoms with Gasteiger partial charge in [0, 0.05) is 25.3 Å². The molecule has 2 N–H and O–H groups in total. The Bertz CT molecular complexity index is 467. The second-order valence-corrected chi connectivity index (χ2v) is 5.44. The van der Waals surface area contributed by atoms with Gasteiger partial charge in [-0.2, -0.15) is 0 Å². The number of para-hydroxylation sites is 1. The van der Waals surface area contributed by atoms with Crippen molar-refractivity contribution in [3.63, 3.8) is 0 Å². The highest BCUT2D eigenvalue weighted by atomic mass is 127. The number of benzene rings is 1. The lowest BCUT2D eigenvalue weighted by Crippen LogP contribution is -2.38. The molecular weight excluding hydrogens is 417 g/mol. The highest BCUT2D eigenvalue weighted by Gasteiger charge is 2.03. The molecule has 1 aromatic carbocycles. The summed E-state index contributed by atoms with van der Waals surface area (Å²) in [6.07, 6.45) is 1.24. The Morgan fingerprint density at radius 1 is 1.17 bits per heavy atom. The van der Waals surface area contributed by atoms with Crippen molar-refractivity contribution >= 4 is 29.9 Å². The minimum Gasteiger partial charge on any atom is -0.494 e. The smallest absolute Gasteiger partial charge is 0.191 e. The molecule has 0 saturated heterocycles. The first-order valence-corrected chi connectivity index (χ1v) is 8.51. The molecule has 0 saturated carbocycles. The lowest BCUT2D eigenvalue weighted by atomic mass is 10.2. The number of hydrogen-bond acceptors (Lipinski definition) is 3. The standard InChI is InChI=1S/C18H31N3O2.HI/c1-5-19-18(20-12-9-13-23-15(3)4)21-14-16-10-7-8-11-17(16)22-6-2;/h7-8,10-11,15H,5-6,9,12-14H2,1-4H3,(H2,19,20,21);1H. The maximum Gasteiger partial charge on any atom is 0.191 e. The maximum absolute atomic E-state index is 5.64. The van der Waals surface area contributed by atoms with E-state index in [0.29, 0.717) is 13.2 Å². The minimum absolute atomic E-state index is 0. The van der Waals surface area contributed by atoms with Gasteiger partial charge in [0.05, 0.1) is 19.3 Å². The Labute approximate surface area is 163 Å². The summed E-state index contributed by atoms with van der Waals surface area (Å²) >= 11 is 0. The molecule has 0 fully saturated rings. The van der Waals surface area contributed by atoms with Crippen LogP contribution in [0, 0.1) is 0 Å². The van der Waals surface area contributed by atoms with Crippen molar-refractivity contribution in [2.24, 2.45) is 4.99 Å². The number of halogens is 1. The summed E-state index contributed by atoms with van der Waals surface area (Å²) in [5, 5.41) is 6.60. The first-order chi connectivity index (χ1) is 11.2. The number of aliphatic imine (C=N–C) groups is 1. The summed E-state index contributed by atoms with van der Waals surface area (Å²) < 4.78 is 11.2. The van der Waals surface area contributed by atoms with Crippen LogP contribution in [0.4, 0.5) is 0 Å². The second kappa shape index (κ2) is 14.3. The molecule has 0 heterocycles. The SMILES string of the molecule is CCNC(=NCc1ccccc1OCC)NCCCOC(C)C.I. The zero-order valence-corrected chi connectivity index (χ0v) is 17.6. The third kappa shape index (κ3) is 9.97. The summed E-state index contributed by atoms with van der Waals surface area (Å²) in [6, 6.07) is 8.03. The summed E-state index contributed by atoms with van der Waals surface area (Å²) in [5.41, 5.74) is 1.09. The van der Waals surface area contributed by atoms with E-state index in [1.165, 1.54) is 0 Å². The Balaban J connectivity index is 0.00000529. The minimum atomic E-state index is 0. The van der Waals surface area contributed by atoms with Crippen molar-refractivity contribution in [3.05, 3.63) is 29.8 Å². The monoisotopic (exact) mass is 449 g/mol. The summed E-state index contributed by atoms with van der Waals surface area (Å²) in [5.74, 6) is 1.73. The fourth-order valence-corrected chi connectivity index (χ4v) is 2.03. The first-order valence-electron chi connectivity index (χ1n) is 8.51. The van der Waals surface area contributed by atoms with E-state index in [0.717, 1.165) is 43.4 Å². The van der Waals surface area contributed by atoms with Gasteiger partial charge in [-0.05, 0) is 40.2 Å². The van der Waals surface area contributed by atoms with Crippen LogP contribution < -0.4 is 15.4 Å². The zero-order valence-electron chi connectivity index (χ0n) is 15.3. The Hall–Kier alpha value is -1.02. The third-order valence-corrected chi connectivity index (χ3v) is 3.09. The molecule has 1 rings (SSSR count). The molecule has 0 aliphatic heterocycles. The third-order valence-electron chi connectivity index (χ3n) is 3.09. The predicted molar refractivity (Wildman–Crippen MR) is 112 cm³/mol. The van der Waals surface area contributed by atoms with Crippen LogP contribution in [0.1, 0.15) is 39.7 Å². The van der Waals surface area contributed by atoms with Crippen LogP contribution in [0.2, 0.25) is 0 Å². The Morgan fingerprint density at radius 2 is 1.92 bits per heavy atom. The van der Waals surface area contributed by atoms with Gasteiger partial charge in [0.2, 0.25) is 0 Å². The van der Waals surface area contributed by atoms with Crippen LogP contribution in [-0.2, 0) is 11.3 Å². The Kier molecular flexibility index (Phi) is 13.7. The quantitative estimate of drug-likeness (QED) is 0.248. The van der Waals surface area contributed by atoms with Gasteiger partial charge in [-0.15, -0.1) is 24.0 Å². The van der Waals surface area contributed by atoms with Crippen molar-refractivity contribution < 1.29 is 9.47 Å². The Morgan fingerprint density at radius 3 is 2.58 bits per heavy atom. The van der Waals surface area contributed by atoms with Gasteiger partial charge < -0.3 is 20.1 Å². The maximum atomic E-state index is 5.64. The van der Waals surface area contributed by atoms with Crippen LogP contribution >= 0.6 is 24.0 Å². The van der Waals surface area contributed by atoms with E-state index in [-0.39, 0.29) is 30.1 Å². The molecule has 0 aliphatic carbocycles. The van der Waals surface area contributed by atoms with E-state index in [9.17, 15) is 0 Å². The van der Waals surface area contributed by atoms with Crippen molar-refractivity contribution in [2.75, 3.05) is 26.3 Å². The molecule has 1 aromatic rings. The summed E-state index contributed by atoms with van der Waals surface area (Å²) in [7, 11) is 0. The fraction of sp³-hybridized carbons (Fsp3) is 0.611. The number of ether oxygens (including phenoxy) is 2.